The first-order valence-corrected chi connectivity index (χ1v) is 13.3. The lowest BCUT2D eigenvalue weighted by atomic mass is 9.90. The van der Waals surface area contributed by atoms with E-state index in [2.05, 4.69) is 66.3 Å². The third-order valence-electron chi connectivity index (χ3n) is 7.88. The maximum Gasteiger partial charge on any atom is 0.180 e. The molecule has 190 valence electrons. The molecule has 1 atom stereocenters. The maximum absolute atomic E-state index is 12.4. The third-order valence-corrected chi connectivity index (χ3v) is 7.88. The van der Waals surface area contributed by atoms with Crippen LogP contribution >= 0.6 is 0 Å². The van der Waals surface area contributed by atoms with Crippen LogP contribution in [0.5, 0.6) is 0 Å². The molecule has 0 amide bonds. The summed E-state index contributed by atoms with van der Waals surface area (Å²) >= 11 is 0. The van der Waals surface area contributed by atoms with E-state index in [0.29, 0.717) is 13.0 Å². The monoisotopic (exact) mass is 495 g/mol. The Morgan fingerprint density at radius 1 is 0.892 bits per heavy atom. The second-order valence-electron chi connectivity index (χ2n) is 10.2. The first-order chi connectivity index (χ1) is 18.0. The molecule has 7 heteroatoms. The van der Waals surface area contributed by atoms with Crippen LogP contribution in [0.2, 0.25) is 0 Å². The average molecular weight is 496 g/mol. The highest BCUT2D eigenvalue weighted by atomic mass is 16.3. The summed E-state index contributed by atoms with van der Waals surface area (Å²) in [6, 6.07) is 17.2. The number of aromatic nitrogens is 4. The van der Waals surface area contributed by atoms with E-state index in [9.17, 15) is 9.90 Å². The lowest BCUT2D eigenvalue weighted by molar-refractivity contribution is 0.0951. The Kier molecular flexibility index (Phi) is 6.26. The summed E-state index contributed by atoms with van der Waals surface area (Å²) in [5.74, 6) is 0.180. The van der Waals surface area contributed by atoms with E-state index in [-0.39, 0.29) is 18.4 Å². The molecule has 4 aromatic rings. The lowest BCUT2D eigenvalue weighted by Gasteiger charge is -2.24. The summed E-state index contributed by atoms with van der Waals surface area (Å²) in [7, 11) is 0. The number of hydrogen-bond acceptors (Lipinski definition) is 5. The number of nitrogens with zero attached hydrogens (tertiary/aromatic N) is 4. The summed E-state index contributed by atoms with van der Waals surface area (Å²) in [6.45, 7) is 6.75. The van der Waals surface area contributed by atoms with Crippen LogP contribution in [0.25, 0.3) is 33.6 Å². The van der Waals surface area contributed by atoms with Gasteiger partial charge in [-0.25, -0.2) is 0 Å². The molecule has 6 rings (SSSR count). The minimum atomic E-state index is 0.134. The van der Waals surface area contributed by atoms with Gasteiger partial charge in [0.1, 0.15) is 5.69 Å². The van der Waals surface area contributed by atoms with Crippen molar-refractivity contribution in [3.63, 3.8) is 0 Å². The Hall–Kier alpha value is -3.55. The van der Waals surface area contributed by atoms with Crippen LogP contribution in [0, 0.1) is 13.8 Å². The van der Waals surface area contributed by atoms with Gasteiger partial charge in [0.05, 0.1) is 23.7 Å². The van der Waals surface area contributed by atoms with E-state index in [1.54, 1.807) is 0 Å². The summed E-state index contributed by atoms with van der Waals surface area (Å²) in [4.78, 5) is 12.4. The minimum Gasteiger partial charge on any atom is -0.395 e. The topological polar surface area (TPSA) is 85.0 Å². The standard InChI is InChI=1S/C30H33N5O2/c1-19-21(7-3-9-23(19)26-17-28-25(31-13-16-36)11-5-14-34(28)32-26)22-8-4-10-24(20(22)2)27-18-29-30(37)12-6-15-35(29)33-27/h3-4,7-10,17-18,25,31,36H,5-6,11-16H2,1-2H3. The fourth-order valence-corrected chi connectivity index (χ4v) is 5.93. The zero-order valence-electron chi connectivity index (χ0n) is 21.5. The van der Waals surface area contributed by atoms with Gasteiger partial charge in [0.25, 0.3) is 0 Å². The summed E-state index contributed by atoms with van der Waals surface area (Å²) in [6.07, 6.45) is 3.59. The third kappa shape index (κ3) is 4.22. The SMILES string of the molecule is Cc1c(-c2cc3n(n2)CCCC3=O)cccc1-c1cccc(-c2cc3n(n2)CCCC3NCCO)c1C. The first kappa shape index (κ1) is 23.8. The fraction of sp³-hybridized carbons (Fsp3) is 0.367. The highest BCUT2D eigenvalue weighted by Gasteiger charge is 2.24. The molecule has 0 spiro atoms. The smallest absolute Gasteiger partial charge is 0.180 e. The predicted octanol–water partition coefficient (Wildman–Crippen LogP) is 5.09. The van der Waals surface area contributed by atoms with Crippen LogP contribution in [0.1, 0.15) is 59.0 Å². The van der Waals surface area contributed by atoms with Crippen molar-refractivity contribution in [1.29, 1.82) is 0 Å². The van der Waals surface area contributed by atoms with Gasteiger partial charge in [-0.3, -0.25) is 14.2 Å². The molecule has 2 aromatic carbocycles. The van der Waals surface area contributed by atoms with Crippen molar-refractivity contribution in [1.82, 2.24) is 24.9 Å². The van der Waals surface area contributed by atoms with Crippen molar-refractivity contribution < 1.29 is 9.90 Å². The molecule has 7 nitrogen and oxygen atoms in total. The number of fused-ring (bicyclic) bond motifs is 2. The van der Waals surface area contributed by atoms with Crippen molar-refractivity contribution in [2.45, 2.75) is 58.7 Å². The molecule has 0 saturated carbocycles. The van der Waals surface area contributed by atoms with Gasteiger partial charge in [-0.05, 0) is 67.5 Å². The number of aliphatic hydroxyl groups is 1. The number of ketones is 1. The van der Waals surface area contributed by atoms with Gasteiger partial charge < -0.3 is 10.4 Å². The molecule has 37 heavy (non-hydrogen) atoms. The number of Topliss-reactive ketones (excluding diaryl/α,β-unsaturated/α-hetero) is 1. The number of benzene rings is 2. The maximum atomic E-state index is 12.4. The van der Waals surface area contributed by atoms with Crippen molar-refractivity contribution >= 4 is 5.78 Å². The molecule has 0 saturated heterocycles. The molecular weight excluding hydrogens is 462 g/mol. The highest BCUT2D eigenvalue weighted by molar-refractivity contribution is 5.96. The number of aryl methyl sites for hydroxylation is 2. The van der Waals surface area contributed by atoms with E-state index < -0.39 is 0 Å². The largest absolute Gasteiger partial charge is 0.395 e. The quantitative estimate of drug-likeness (QED) is 0.389. The molecule has 2 aliphatic rings. The number of aliphatic hydroxyl groups excluding tert-OH is 1. The van der Waals surface area contributed by atoms with Gasteiger partial charge in [-0.2, -0.15) is 10.2 Å². The molecule has 0 aliphatic carbocycles. The van der Waals surface area contributed by atoms with Gasteiger partial charge in [-0.1, -0.05) is 36.4 Å². The van der Waals surface area contributed by atoms with Gasteiger partial charge >= 0.3 is 0 Å². The Balaban J connectivity index is 1.38. The van der Waals surface area contributed by atoms with Gasteiger partial charge in [0, 0.05) is 43.2 Å². The van der Waals surface area contributed by atoms with Crippen molar-refractivity contribution in [3.05, 3.63) is 71.0 Å². The average Bonchev–Trinajstić information content (AvgIpc) is 3.54. The number of carbonyl (C=O) groups is 1. The Morgan fingerprint density at radius 3 is 2.19 bits per heavy atom. The number of rotatable bonds is 6. The molecule has 2 N–H and O–H groups in total. The summed E-state index contributed by atoms with van der Waals surface area (Å²) in [5, 5.41) is 22.5. The van der Waals surface area contributed by atoms with Crippen LogP contribution in [0.3, 0.4) is 0 Å². The van der Waals surface area contributed by atoms with E-state index in [1.165, 1.54) is 22.4 Å². The van der Waals surface area contributed by atoms with Crippen molar-refractivity contribution in [2.75, 3.05) is 13.2 Å². The predicted molar refractivity (Wildman–Crippen MR) is 144 cm³/mol. The van der Waals surface area contributed by atoms with Gasteiger partial charge in [0.2, 0.25) is 0 Å². The zero-order valence-corrected chi connectivity index (χ0v) is 21.5. The minimum absolute atomic E-state index is 0.134. The van der Waals surface area contributed by atoms with Crippen LogP contribution in [0.4, 0.5) is 0 Å². The highest BCUT2D eigenvalue weighted by Crippen LogP contribution is 2.38. The Bertz CT molecular complexity index is 1480. The molecule has 0 radical (unpaired) electrons. The number of hydrogen-bond donors (Lipinski definition) is 2. The normalized spacial score (nSPS) is 17.1. The first-order valence-electron chi connectivity index (χ1n) is 13.3. The summed E-state index contributed by atoms with van der Waals surface area (Å²) in [5.41, 5.74) is 10.7. The van der Waals surface area contributed by atoms with Crippen LogP contribution in [0.15, 0.2) is 48.5 Å². The van der Waals surface area contributed by atoms with E-state index in [0.717, 1.165) is 66.1 Å². The molecular formula is C30H33N5O2. The zero-order chi connectivity index (χ0) is 25.5. The summed E-state index contributed by atoms with van der Waals surface area (Å²) < 4.78 is 3.98. The Morgan fingerprint density at radius 2 is 1.51 bits per heavy atom. The molecule has 2 aliphatic heterocycles. The Labute approximate surface area is 217 Å². The van der Waals surface area contributed by atoms with Crippen LogP contribution < -0.4 is 5.32 Å². The number of nitrogens with one attached hydrogen (secondary N) is 1. The molecule has 0 bridgehead atoms. The second kappa shape index (κ2) is 9.72. The van der Waals surface area contributed by atoms with E-state index in [1.807, 2.05) is 10.7 Å². The molecule has 2 aromatic heterocycles. The number of carbonyl (C=O) groups excluding carboxylic acids is 1. The lowest BCUT2D eigenvalue weighted by Crippen LogP contribution is -2.29. The molecule has 4 heterocycles. The van der Waals surface area contributed by atoms with Crippen molar-refractivity contribution in [2.24, 2.45) is 0 Å². The van der Waals surface area contributed by atoms with E-state index in [4.69, 9.17) is 10.2 Å². The van der Waals surface area contributed by atoms with Gasteiger partial charge in [-0.15, -0.1) is 0 Å². The van der Waals surface area contributed by atoms with Crippen LogP contribution in [-0.2, 0) is 13.1 Å². The fourth-order valence-electron chi connectivity index (χ4n) is 5.93. The molecule has 0 fully saturated rings. The van der Waals surface area contributed by atoms with Crippen molar-refractivity contribution in [3.8, 4) is 33.6 Å². The second-order valence-corrected chi connectivity index (χ2v) is 10.2. The molecule has 1 unspecified atom stereocenters. The van der Waals surface area contributed by atoms with E-state index >= 15 is 0 Å². The van der Waals surface area contributed by atoms with Gasteiger partial charge in [0.15, 0.2) is 5.78 Å². The van der Waals surface area contributed by atoms with Crippen LogP contribution in [-0.4, -0.2) is 43.6 Å².